The van der Waals surface area contributed by atoms with E-state index in [0.717, 1.165) is 0 Å². The lowest BCUT2D eigenvalue weighted by atomic mass is 9.79. The van der Waals surface area contributed by atoms with Crippen molar-refractivity contribution in [2.75, 3.05) is 0 Å². The summed E-state index contributed by atoms with van der Waals surface area (Å²) < 4.78 is 0. The number of benzene rings is 19. The topological polar surface area (TPSA) is 0 Å². The van der Waals surface area contributed by atoms with Crippen molar-refractivity contribution in [1.82, 2.24) is 0 Å². The quantitative estimate of drug-likeness (QED) is 0.133. The van der Waals surface area contributed by atoms with Crippen LogP contribution in [0.2, 0.25) is 0 Å². The summed E-state index contributed by atoms with van der Waals surface area (Å²) in [6.07, 6.45) is 0. The van der Waals surface area contributed by atoms with Gasteiger partial charge in [-0.15, -0.1) is 0 Å². The molecule has 0 unspecified atom stereocenters. The van der Waals surface area contributed by atoms with Crippen LogP contribution in [-0.2, 0) is 21.7 Å². The zero-order chi connectivity index (χ0) is 78.1. The van der Waals surface area contributed by atoms with E-state index >= 15 is 0 Å². The molecule has 0 radical (unpaired) electrons. The van der Waals surface area contributed by atoms with Gasteiger partial charge < -0.3 is 0 Å². The predicted molar refractivity (Wildman–Crippen MR) is 494 cm³/mol. The summed E-state index contributed by atoms with van der Waals surface area (Å²) in [6.45, 7) is 19.1. The third kappa shape index (κ3) is 10.5. The normalized spacial score (nSPS) is 14.3. The zero-order valence-electron chi connectivity index (χ0n) is 66.8. The van der Waals surface area contributed by atoms with E-state index in [1.54, 1.807) is 0 Å². The van der Waals surface area contributed by atoms with Gasteiger partial charge in [-0.3, -0.25) is 0 Å². The van der Waals surface area contributed by atoms with Gasteiger partial charge in [0.15, 0.2) is 0 Å². The number of hydrogen-bond acceptors (Lipinski definition) is 0. The average Bonchev–Trinajstić information content (AvgIpc) is 1.50. The first-order valence-electron chi connectivity index (χ1n) is 41.3. The molecular formula is C116H86. The second kappa shape index (κ2) is 26.0. The molecule has 19 aromatic rings. The summed E-state index contributed by atoms with van der Waals surface area (Å²) in [4.78, 5) is 0. The maximum absolute atomic E-state index is 2.51. The van der Waals surface area contributed by atoms with Crippen molar-refractivity contribution in [3.63, 3.8) is 0 Å². The molecule has 0 N–H and O–H groups in total. The van der Waals surface area contributed by atoms with Crippen molar-refractivity contribution in [2.24, 2.45) is 0 Å². The highest BCUT2D eigenvalue weighted by Crippen LogP contribution is 2.58. The summed E-state index contributed by atoms with van der Waals surface area (Å²) in [5.41, 5.74) is 41.7. The molecule has 0 aromatic heterocycles. The molecule has 0 atom stereocenters. The molecule has 550 valence electrons. The van der Waals surface area contributed by atoms with Crippen molar-refractivity contribution in [3.8, 4) is 134 Å². The lowest BCUT2D eigenvalue weighted by molar-refractivity contribution is 0.660. The summed E-state index contributed by atoms with van der Waals surface area (Å²) >= 11 is 0. The summed E-state index contributed by atoms with van der Waals surface area (Å²) in [7, 11) is 0. The van der Waals surface area contributed by atoms with Crippen molar-refractivity contribution >= 4 is 53.9 Å². The molecule has 0 heteroatoms. The first-order valence-corrected chi connectivity index (χ1v) is 41.3. The van der Waals surface area contributed by atoms with Crippen LogP contribution >= 0.6 is 0 Å². The van der Waals surface area contributed by atoms with Crippen LogP contribution in [0.25, 0.3) is 187 Å². The first-order chi connectivity index (χ1) is 56.6. The largest absolute Gasteiger partial charge is 0.0622 e. The van der Waals surface area contributed by atoms with Crippen LogP contribution in [0.3, 0.4) is 0 Å². The minimum atomic E-state index is -0.178. The van der Waals surface area contributed by atoms with Crippen molar-refractivity contribution < 1.29 is 0 Å². The van der Waals surface area contributed by atoms with Crippen molar-refractivity contribution in [3.05, 3.63) is 421 Å². The Balaban J connectivity index is 0.000000141. The molecule has 0 spiro atoms. The van der Waals surface area contributed by atoms with Gasteiger partial charge in [-0.25, -0.2) is 0 Å². The molecule has 0 aliphatic heterocycles. The Bertz CT molecular complexity index is 7340. The van der Waals surface area contributed by atoms with Crippen LogP contribution in [-0.4, -0.2) is 0 Å². The van der Waals surface area contributed by atoms with Gasteiger partial charge >= 0.3 is 0 Å². The average molecular weight is 1480 g/mol. The molecule has 0 saturated heterocycles. The fourth-order valence-electron chi connectivity index (χ4n) is 21.2. The number of fused-ring (bicyclic) bond motifs is 17. The van der Waals surface area contributed by atoms with E-state index in [-0.39, 0.29) is 21.7 Å². The second-order valence-electron chi connectivity index (χ2n) is 34.9. The Hall–Kier alpha value is -13.5. The zero-order valence-corrected chi connectivity index (χ0v) is 66.8. The van der Waals surface area contributed by atoms with Gasteiger partial charge in [0.05, 0.1) is 0 Å². The highest BCUT2D eigenvalue weighted by atomic mass is 14.4. The van der Waals surface area contributed by atoms with Crippen molar-refractivity contribution in [2.45, 2.75) is 77.0 Å². The van der Waals surface area contributed by atoms with Gasteiger partial charge in [0.25, 0.3) is 0 Å². The molecule has 4 aliphatic rings. The standard InChI is InChI=1S/C60H44.C56H42/c1-59(2)53-24-13-12-20-45(53)46-30-28-42(36-55(46)59)58-50-22-11-10-21-49(50)57(51-32-25-39(33-52(51)58)37-15-6-5-7-16-37)41-27-31-48-47-29-26-40(34-54(47)60(3,4)56(48)35-41)44-23-14-18-38-17-8-9-19-43(38)44;1-55(2)49-22-14-13-19-41(49)42-28-26-40(34-51(42)55)54-46-21-12-11-20-45(46)53(47-30-24-37(31-48(47)54)35-15-7-5-8-16-35)39-25-29-44-43-27-23-38(36-17-9-6-10-18-36)32-50(43)56(3,4)52(44)33-39/h5-36H,1-4H3;5-34H,1-4H3. The molecule has 0 amide bonds. The molecular weight excluding hydrogens is 1390 g/mol. The van der Waals surface area contributed by atoms with E-state index in [0.29, 0.717) is 0 Å². The number of hydrogen-bond donors (Lipinski definition) is 0. The van der Waals surface area contributed by atoms with E-state index in [2.05, 4.69) is 432 Å². The Labute approximate surface area is 680 Å². The highest BCUT2D eigenvalue weighted by Gasteiger charge is 2.41. The lowest BCUT2D eigenvalue weighted by Gasteiger charge is -2.24. The van der Waals surface area contributed by atoms with Crippen LogP contribution in [0.1, 0.15) is 99.9 Å². The SMILES string of the molecule is CC1(C)c2ccccc2-c2ccc(-c3c4ccccc4c(-c4ccc5c(c4)C(C)(C)c4cc(-c6cccc7ccccc67)ccc4-5)c4ccc(-c5ccccc5)cc34)cc21.CC1(C)c2ccccc2-c2ccc(-c3c4ccccc4c(-c4ccc5c(c4)C(C)(C)c4cc(-c6ccccc6)ccc4-5)c4ccc(-c5ccccc5)cc34)cc21. The van der Waals surface area contributed by atoms with E-state index < -0.39 is 0 Å². The summed E-state index contributed by atoms with van der Waals surface area (Å²) in [6, 6.07) is 141. The van der Waals surface area contributed by atoms with Gasteiger partial charge in [-0.2, -0.15) is 0 Å². The molecule has 19 aromatic carbocycles. The minimum absolute atomic E-state index is 0.0840. The van der Waals surface area contributed by atoms with Crippen molar-refractivity contribution in [1.29, 1.82) is 0 Å². The molecule has 116 heavy (non-hydrogen) atoms. The lowest BCUT2D eigenvalue weighted by Crippen LogP contribution is -2.15. The molecule has 0 heterocycles. The minimum Gasteiger partial charge on any atom is -0.0622 e. The predicted octanol–water partition coefficient (Wildman–Crippen LogP) is 31.7. The Morgan fingerprint density at radius 1 is 0.129 bits per heavy atom. The van der Waals surface area contributed by atoms with Crippen LogP contribution in [0, 0.1) is 0 Å². The van der Waals surface area contributed by atoms with Gasteiger partial charge in [-0.05, 0) is 280 Å². The Morgan fingerprint density at radius 3 is 0.741 bits per heavy atom. The molecule has 4 aliphatic carbocycles. The van der Waals surface area contributed by atoms with E-state index in [4.69, 9.17) is 0 Å². The smallest absolute Gasteiger partial charge is 0.0159 e. The molecule has 23 rings (SSSR count). The fraction of sp³-hybridized carbons (Fsp3) is 0.103. The second-order valence-corrected chi connectivity index (χ2v) is 34.9. The summed E-state index contributed by atoms with van der Waals surface area (Å²) in [5.74, 6) is 0. The summed E-state index contributed by atoms with van der Waals surface area (Å²) in [5, 5.41) is 12.8. The van der Waals surface area contributed by atoms with Gasteiger partial charge in [-0.1, -0.05) is 383 Å². The number of rotatable bonds is 8. The molecule has 0 nitrogen and oxygen atoms in total. The first kappa shape index (κ1) is 69.2. The molecule has 0 saturated carbocycles. The third-order valence-electron chi connectivity index (χ3n) is 27.1. The third-order valence-corrected chi connectivity index (χ3v) is 27.1. The highest BCUT2D eigenvalue weighted by molar-refractivity contribution is 6.24. The van der Waals surface area contributed by atoms with Gasteiger partial charge in [0.1, 0.15) is 0 Å². The van der Waals surface area contributed by atoms with E-state index in [1.165, 1.54) is 232 Å². The van der Waals surface area contributed by atoms with Gasteiger partial charge in [0.2, 0.25) is 0 Å². The Morgan fingerprint density at radius 2 is 0.362 bits per heavy atom. The fourth-order valence-corrected chi connectivity index (χ4v) is 21.2. The Kier molecular flexibility index (Phi) is 15.5. The van der Waals surface area contributed by atoms with Crippen LogP contribution < -0.4 is 0 Å². The van der Waals surface area contributed by atoms with Crippen LogP contribution in [0.4, 0.5) is 0 Å². The maximum atomic E-state index is 2.51. The maximum Gasteiger partial charge on any atom is 0.0159 e. The monoisotopic (exact) mass is 1480 g/mol. The van der Waals surface area contributed by atoms with E-state index in [1.807, 2.05) is 0 Å². The van der Waals surface area contributed by atoms with Crippen LogP contribution in [0.5, 0.6) is 0 Å². The van der Waals surface area contributed by atoms with Gasteiger partial charge in [0, 0.05) is 21.7 Å². The molecule has 0 bridgehead atoms. The molecule has 0 fully saturated rings. The van der Waals surface area contributed by atoms with Crippen LogP contribution in [0.15, 0.2) is 376 Å². The van der Waals surface area contributed by atoms with E-state index in [9.17, 15) is 0 Å².